The molecule has 0 amide bonds. The summed E-state index contributed by atoms with van der Waals surface area (Å²) in [5.41, 5.74) is 2.66. The molecule has 0 bridgehead atoms. The summed E-state index contributed by atoms with van der Waals surface area (Å²) in [6, 6.07) is 6.91. The first-order valence-electron chi connectivity index (χ1n) is 6.18. The molecule has 0 N–H and O–H groups in total. The van der Waals surface area contributed by atoms with E-state index in [9.17, 15) is 0 Å². The van der Waals surface area contributed by atoms with E-state index in [4.69, 9.17) is 4.74 Å². The highest BCUT2D eigenvalue weighted by Crippen LogP contribution is 2.34. The van der Waals surface area contributed by atoms with Crippen LogP contribution in [-0.2, 0) is 5.41 Å². The number of methoxy groups -OCH3 is 1. The molecule has 1 rings (SSSR count). The van der Waals surface area contributed by atoms with Crippen LogP contribution < -0.4 is 9.64 Å². The number of ether oxygens (including phenoxy) is 1. The zero-order chi connectivity index (χ0) is 13.2. The summed E-state index contributed by atoms with van der Waals surface area (Å²) in [7, 11) is 3.83. The van der Waals surface area contributed by atoms with E-state index in [2.05, 4.69) is 64.8 Å². The molecule has 1 aromatic rings. The summed E-state index contributed by atoms with van der Waals surface area (Å²) in [4.78, 5) is 2.24. The van der Waals surface area contributed by atoms with Crippen LogP contribution in [0.3, 0.4) is 0 Å². The van der Waals surface area contributed by atoms with Gasteiger partial charge in [0.2, 0.25) is 0 Å². The topological polar surface area (TPSA) is 12.5 Å². The SMILES string of the molecule is COc1ccc(C(C)(C)C)cc1N(C)C(C)C. The Kier molecular flexibility index (Phi) is 4.07. The minimum absolute atomic E-state index is 0.166. The van der Waals surface area contributed by atoms with Crippen LogP contribution in [0.2, 0.25) is 0 Å². The fraction of sp³-hybridized carbons (Fsp3) is 0.600. The average Bonchev–Trinajstić information content (AvgIpc) is 2.25. The zero-order valence-corrected chi connectivity index (χ0v) is 12.2. The highest BCUT2D eigenvalue weighted by molar-refractivity contribution is 5.61. The van der Waals surface area contributed by atoms with Crippen LogP contribution in [0.1, 0.15) is 40.2 Å². The van der Waals surface area contributed by atoms with Crippen LogP contribution in [0.5, 0.6) is 5.75 Å². The van der Waals surface area contributed by atoms with Crippen molar-refractivity contribution < 1.29 is 4.74 Å². The van der Waals surface area contributed by atoms with Crippen molar-refractivity contribution in [3.63, 3.8) is 0 Å². The van der Waals surface area contributed by atoms with Gasteiger partial charge in [-0.1, -0.05) is 26.8 Å². The van der Waals surface area contributed by atoms with Crippen molar-refractivity contribution in [2.24, 2.45) is 0 Å². The lowest BCUT2D eigenvalue weighted by atomic mass is 9.86. The third kappa shape index (κ3) is 3.15. The van der Waals surface area contributed by atoms with Crippen LogP contribution in [0, 0.1) is 0 Å². The predicted molar refractivity (Wildman–Crippen MR) is 75.2 cm³/mol. The van der Waals surface area contributed by atoms with Gasteiger partial charge < -0.3 is 9.64 Å². The van der Waals surface area contributed by atoms with Gasteiger partial charge in [0.15, 0.2) is 0 Å². The Labute approximate surface area is 106 Å². The molecular weight excluding hydrogens is 210 g/mol. The molecule has 0 heterocycles. The second-order valence-electron chi connectivity index (χ2n) is 5.84. The quantitative estimate of drug-likeness (QED) is 0.789. The molecule has 0 fully saturated rings. The molecule has 2 nitrogen and oxygen atoms in total. The second-order valence-corrected chi connectivity index (χ2v) is 5.84. The average molecular weight is 235 g/mol. The molecular formula is C15H25NO. The zero-order valence-electron chi connectivity index (χ0n) is 12.2. The molecule has 2 heteroatoms. The highest BCUT2D eigenvalue weighted by Gasteiger charge is 2.18. The van der Waals surface area contributed by atoms with E-state index in [1.807, 2.05) is 0 Å². The van der Waals surface area contributed by atoms with Gasteiger partial charge in [-0.3, -0.25) is 0 Å². The molecule has 1 aromatic carbocycles. The number of benzene rings is 1. The molecule has 17 heavy (non-hydrogen) atoms. The summed E-state index contributed by atoms with van der Waals surface area (Å²) in [5.74, 6) is 0.939. The van der Waals surface area contributed by atoms with Crippen LogP contribution in [-0.4, -0.2) is 20.2 Å². The van der Waals surface area contributed by atoms with Crippen molar-refractivity contribution >= 4 is 5.69 Å². The molecule has 0 saturated carbocycles. The first-order valence-corrected chi connectivity index (χ1v) is 6.18. The van der Waals surface area contributed by atoms with E-state index in [1.54, 1.807) is 7.11 Å². The second kappa shape index (κ2) is 4.99. The maximum absolute atomic E-state index is 5.44. The van der Waals surface area contributed by atoms with Gasteiger partial charge >= 0.3 is 0 Å². The molecule has 0 saturated heterocycles. The number of nitrogens with zero attached hydrogens (tertiary/aromatic N) is 1. The largest absolute Gasteiger partial charge is 0.495 e. The van der Waals surface area contributed by atoms with Crippen molar-refractivity contribution in [3.8, 4) is 5.75 Å². The van der Waals surface area contributed by atoms with E-state index in [1.165, 1.54) is 5.56 Å². The van der Waals surface area contributed by atoms with E-state index in [0.717, 1.165) is 11.4 Å². The Morgan fingerprint density at radius 3 is 2.18 bits per heavy atom. The first kappa shape index (κ1) is 13.9. The van der Waals surface area contributed by atoms with Crippen LogP contribution >= 0.6 is 0 Å². The van der Waals surface area contributed by atoms with Crippen LogP contribution in [0.4, 0.5) is 5.69 Å². The highest BCUT2D eigenvalue weighted by atomic mass is 16.5. The molecule has 96 valence electrons. The van der Waals surface area contributed by atoms with Gasteiger partial charge in [-0.25, -0.2) is 0 Å². The summed E-state index contributed by atoms with van der Waals surface area (Å²) in [6.45, 7) is 11.1. The third-order valence-corrected chi connectivity index (χ3v) is 3.20. The monoisotopic (exact) mass is 235 g/mol. The van der Waals surface area contributed by atoms with Crippen molar-refractivity contribution in [1.29, 1.82) is 0 Å². The predicted octanol–water partition coefficient (Wildman–Crippen LogP) is 3.84. The van der Waals surface area contributed by atoms with Crippen molar-refractivity contribution in [2.45, 2.75) is 46.1 Å². The number of hydrogen-bond acceptors (Lipinski definition) is 2. The van der Waals surface area contributed by atoms with E-state index in [-0.39, 0.29) is 5.41 Å². The standard InChI is InChI=1S/C15H25NO/c1-11(2)16(6)13-10-12(15(3,4)5)8-9-14(13)17-7/h8-11H,1-7H3. The lowest BCUT2D eigenvalue weighted by Gasteiger charge is -2.28. The number of hydrogen-bond donors (Lipinski definition) is 0. The van der Waals surface area contributed by atoms with Gasteiger partial charge in [-0.05, 0) is 37.0 Å². The number of anilines is 1. The molecule has 0 atom stereocenters. The maximum Gasteiger partial charge on any atom is 0.142 e. The maximum atomic E-state index is 5.44. The Morgan fingerprint density at radius 2 is 1.76 bits per heavy atom. The Balaban J connectivity index is 3.25. The van der Waals surface area contributed by atoms with Crippen molar-refractivity contribution in [1.82, 2.24) is 0 Å². The molecule has 0 spiro atoms. The summed E-state index contributed by atoms with van der Waals surface area (Å²) >= 11 is 0. The van der Waals surface area contributed by atoms with E-state index < -0.39 is 0 Å². The molecule has 0 aliphatic rings. The lowest BCUT2D eigenvalue weighted by molar-refractivity contribution is 0.413. The van der Waals surface area contributed by atoms with Gasteiger partial charge in [0.25, 0.3) is 0 Å². The van der Waals surface area contributed by atoms with Gasteiger partial charge in [-0.15, -0.1) is 0 Å². The Morgan fingerprint density at radius 1 is 1.18 bits per heavy atom. The summed E-state index contributed by atoms with van der Waals surface area (Å²) < 4.78 is 5.44. The lowest BCUT2D eigenvalue weighted by Crippen LogP contribution is -2.26. The smallest absolute Gasteiger partial charge is 0.142 e. The van der Waals surface area contributed by atoms with Crippen LogP contribution in [0.25, 0.3) is 0 Å². The Bertz CT molecular complexity index is 377. The van der Waals surface area contributed by atoms with Crippen LogP contribution in [0.15, 0.2) is 18.2 Å². The van der Waals surface area contributed by atoms with E-state index >= 15 is 0 Å². The third-order valence-electron chi connectivity index (χ3n) is 3.20. The first-order chi connectivity index (χ1) is 7.77. The number of rotatable bonds is 3. The minimum Gasteiger partial charge on any atom is -0.495 e. The molecule has 0 aliphatic heterocycles. The van der Waals surface area contributed by atoms with Crippen molar-refractivity contribution in [3.05, 3.63) is 23.8 Å². The van der Waals surface area contributed by atoms with Gasteiger partial charge in [0.05, 0.1) is 12.8 Å². The van der Waals surface area contributed by atoms with Gasteiger partial charge in [-0.2, -0.15) is 0 Å². The Hall–Kier alpha value is -1.18. The minimum atomic E-state index is 0.166. The molecule has 0 aromatic heterocycles. The molecule has 0 unspecified atom stereocenters. The van der Waals surface area contributed by atoms with Gasteiger partial charge in [0.1, 0.15) is 5.75 Å². The van der Waals surface area contributed by atoms with Gasteiger partial charge in [0, 0.05) is 13.1 Å². The normalized spacial score (nSPS) is 11.8. The molecule has 0 radical (unpaired) electrons. The van der Waals surface area contributed by atoms with Crippen molar-refractivity contribution in [2.75, 3.05) is 19.1 Å². The fourth-order valence-electron chi connectivity index (χ4n) is 1.71. The summed E-state index contributed by atoms with van der Waals surface area (Å²) in [5, 5.41) is 0. The van der Waals surface area contributed by atoms with E-state index in [0.29, 0.717) is 6.04 Å². The fourth-order valence-corrected chi connectivity index (χ4v) is 1.71. The summed E-state index contributed by atoms with van der Waals surface area (Å²) in [6.07, 6.45) is 0. The molecule has 0 aliphatic carbocycles.